The first kappa shape index (κ1) is 19.5. The molecular formula is C22H25F2NO2. The molecule has 3 nitrogen and oxygen atoms in total. The van der Waals surface area contributed by atoms with E-state index in [0.29, 0.717) is 25.8 Å². The van der Waals surface area contributed by atoms with Crippen molar-refractivity contribution < 1.29 is 18.7 Å². The van der Waals surface area contributed by atoms with E-state index in [9.17, 15) is 18.7 Å². The van der Waals surface area contributed by atoms with Gasteiger partial charge in [0.25, 0.3) is 0 Å². The number of nitrogens with zero attached hydrogens (tertiary/aromatic N) is 1. The second-order valence-electron chi connectivity index (χ2n) is 7.36. The van der Waals surface area contributed by atoms with Gasteiger partial charge >= 0.3 is 0 Å². The fourth-order valence-corrected chi connectivity index (χ4v) is 4.12. The molecule has 2 aromatic carbocycles. The predicted molar refractivity (Wildman–Crippen MR) is 100 cm³/mol. The number of amides is 1. The van der Waals surface area contributed by atoms with Crippen molar-refractivity contribution in [2.24, 2.45) is 0 Å². The van der Waals surface area contributed by atoms with Crippen molar-refractivity contribution in [1.29, 1.82) is 0 Å². The Bertz CT molecular complexity index is 793. The fourth-order valence-electron chi connectivity index (χ4n) is 4.12. The molecule has 1 N–H and O–H groups in total. The van der Waals surface area contributed by atoms with E-state index in [1.807, 2.05) is 13.0 Å². The number of aliphatic hydroxyl groups excluding tert-OH is 1. The zero-order chi connectivity index (χ0) is 19.4. The van der Waals surface area contributed by atoms with Crippen LogP contribution in [-0.4, -0.2) is 29.1 Å². The van der Waals surface area contributed by atoms with Gasteiger partial charge in [0, 0.05) is 25.0 Å². The third kappa shape index (κ3) is 4.19. The van der Waals surface area contributed by atoms with Crippen LogP contribution in [0.15, 0.2) is 48.5 Å². The average molecular weight is 373 g/mol. The van der Waals surface area contributed by atoms with Crippen molar-refractivity contribution in [1.82, 2.24) is 4.90 Å². The average Bonchev–Trinajstić information content (AvgIpc) is 2.66. The Kier molecular flexibility index (Phi) is 5.90. The number of carbonyl (C=O) groups excluding carboxylic acids is 1. The number of halogens is 2. The van der Waals surface area contributed by atoms with Gasteiger partial charge in [-0.3, -0.25) is 4.79 Å². The van der Waals surface area contributed by atoms with E-state index in [1.165, 1.54) is 24.3 Å². The van der Waals surface area contributed by atoms with Gasteiger partial charge in [-0.25, -0.2) is 8.78 Å². The summed E-state index contributed by atoms with van der Waals surface area (Å²) in [6.07, 6.45) is 2.29. The third-order valence-electron chi connectivity index (χ3n) is 5.71. The summed E-state index contributed by atoms with van der Waals surface area (Å²) in [6.45, 7) is 2.51. The zero-order valence-corrected chi connectivity index (χ0v) is 15.5. The van der Waals surface area contributed by atoms with Gasteiger partial charge in [-0.1, -0.05) is 24.3 Å². The summed E-state index contributed by atoms with van der Waals surface area (Å²) in [5.41, 5.74) is 1.31. The van der Waals surface area contributed by atoms with E-state index in [0.717, 1.165) is 17.5 Å². The van der Waals surface area contributed by atoms with Crippen LogP contribution in [0.25, 0.3) is 0 Å². The summed E-state index contributed by atoms with van der Waals surface area (Å²) in [6, 6.07) is 12.4. The van der Waals surface area contributed by atoms with E-state index >= 15 is 0 Å². The number of piperidine rings is 1. The molecule has 27 heavy (non-hydrogen) atoms. The van der Waals surface area contributed by atoms with Crippen LogP contribution in [0.1, 0.15) is 49.8 Å². The molecule has 1 heterocycles. The number of likely N-dealkylation sites (tertiary alicyclic amines) is 1. The topological polar surface area (TPSA) is 40.5 Å². The molecule has 144 valence electrons. The maximum atomic E-state index is 13.6. The predicted octanol–water partition coefficient (Wildman–Crippen LogP) is 4.36. The molecule has 0 saturated carbocycles. The molecule has 5 heteroatoms. The molecule has 1 fully saturated rings. The molecule has 1 amide bonds. The van der Waals surface area contributed by atoms with Crippen molar-refractivity contribution >= 4 is 5.91 Å². The number of benzene rings is 2. The molecule has 3 rings (SSSR count). The number of rotatable bonds is 6. The maximum Gasteiger partial charge on any atom is 0.223 e. The normalized spacial score (nSPS) is 21.3. The van der Waals surface area contributed by atoms with Crippen molar-refractivity contribution in [3.63, 3.8) is 0 Å². The Morgan fingerprint density at radius 2 is 1.89 bits per heavy atom. The molecule has 0 aliphatic carbocycles. The van der Waals surface area contributed by atoms with E-state index in [2.05, 4.69) is 0 Å². The lowest BCUT2D eigenvalue weighted by atomic mass is 9.69. The first-order valence-corrected chi connectivity index (χ1v) is 9.37. The van der Waals surface area contributed by atoms with Gasteiger partial charge in [0.05, 0.1) is 6.04 Å². The highest BCUT2D eigenvalue weighted by Crippen LogP contribution is 2.42. The summed E-state index contributed by atoms with van der Waals surface area (Å²) >= 11 is 0. The fraction of sp³-hybridized carbons (Fsp3) is 0.409. The Hall–Kier alpha value is -2.27. The summed E-state index contributed by atoms with van der Waals surface area (Å²) in [7, 11) is 0. The third-order valence-corrected chi connectivity index (χ3v) is 5.71. The zero-order valence-electron chi connectivity index (χ0n) is 15.5. The van der Waals surface area contributed by atoms with Crippen LogP contribution < -0.4 is 0 Å². The van der Waals surface area contributed by atoms with Gasteiger partial charge in [-0.15, -0.1) is 0 Å². The molecule has 2 aromatic rings. The van der Waals surface area contributed by atoms with E-state index in [4.69, 9.17) is 0 Å². The maximum absolute atomic E-state index is 13.6. The van der Waals surface area contributed by atoms with E-state index in [-0.39, 0.29) is 30.2 Å². The Morgan fingerprint density at radius 3 is 2.52 bits per heavy atom. The van der Waals surface area contributed by atoms with Crippen LogP contribution in [0.2, 0.25) is 0 Å². The molecule has 2 atom stereocenters. The minimum absolute atomic E-state index is 0.000256. The number of hydrogen-bond donors (Lipinski definition) is 1. The summed E-state index contributed by atoms with van der Waals surface area (Å²) in [5.74, 6) is -0.618. The number of aliphatic hydroxyl groups is 1. The van der Waals surface area contributed by atoms with Gasteiger partial charge < -0.3 is 10.0 Å². The first-order valence-electron chi connectivity index (χ1n) is 9.37. The number of carbonyl (C=O) groups is 1. The van der Waals surface area contributed by atoms with Crippen LogP contribution in [0.3, 0.4) is 0 Å². The lowest BCUT2D eigenvalue weighted by Gasteiger charge is -2.44. The molecule has 1 saturated heterocycles. The Labute approximate surface area is 158 Å². The summed E-state index contributed by atoms with van der Waals surface area (Å²) in [5, 5.41) is 9.29. The monoisotopic (exact) mass is 373 g/mol. The number of hydrogen-bond acceptors (Lipinski definition) is 2. The van der Waals surface area contributed by atoms with Crippen LogP contribution in [-0.2, 0) is 10.2 Å². The smallest absolute Gasteiger partial charge is 0.223 e. The highest BCUT2D eigenvalue weighted by atomic mass is 19.1. The van der Waals surface area contributed by atoms with Gasteiger partial charge in [0.15, 0.2) is 0 Å². The van der Waals surface area contributed by atoms with Crippen molar-refractivity contribution in [2.45, 2.75) is 44.1 Å². The molecule has 1 aliphatic heterocycles. The molecule has 0 radical (unpaired) electrons. The molecule has 1 unspecified atom stereocenters. The second kappa shape index (κ2) is 8.17. The molecular weight excluding hydrogens is 348 g/mol. The summed E-state index contributed by atoms with van der Waals surface area (Å²) in [4.78, 5) is 14.8. The SMILES string of the molecule is C[C@@H](c1cccc(F)c1)N1CCC(CCCO)(c2ccc(F)cc2)CC1=O. The van der Waals surface area contributed by atoms with E-state index < -0.39 is 5.41 Å². The second-order valence-corrected chi connectivity index (χ2v) is 7.36. The first-order chi connectivity index (χ1) is 12.9. The lowest BCUT2D eigenvalue weighted by molar-refractivity contribution is -0.138. The van der Waals surface area contributed by atoms with Crippen LogP contribution in [0, 0.1) is 11.6 Å². The van der Waals surface area contributed by atoms with Crippen LogP contribution in [0.5, 0.6) is 0 Å². The summed E-state index contributed by atoms with van der Waals surface area (Å²) < 4.78 is 26.9. The van der Waals surface area contributed by atoms with Crippen LogP contribution >= 0.6 is 0 Å². The highest BCUT2D eigenvalue weighted by Gasteiger charge is 2.41. The standard InChI is InChI=1S/C22H25F2NO2/c1-16(17-4-2-5-20(24)14-17)25-12-11-22(10-3-13-26,15-21(25)27)18-6-8-19(23)9-7-18/h2,4-9,14,16,26H,3,10-13,15H2,1H3/t16-,22?/m0/s1. The minimum Gasteiger partial charge on any atom is -0.396 e. The van der Waals surface area contributed by atoms with Crippen LogP contribution in [0.4, 0.5) is 8.78 Å². The van der Waals surface area contributed by atoms with Gasteiger partial charge in [-0.05, 0) is 61.6 Å². The van der Waals surface area contributed by atoms with E-state index in [1.54, 1.807) is 23.1 Å². The molecule has 1 aliphatic rings. The molecule has 0 bridgehead atoms. The van der Waals surface area contributed by atoms with Gasteiger partial charge in [0.1, 0.15) is 11.6 Å². The van der Waals surface area contributed by atoms with Gasteiger partial charge in [0.2, 0.25) is 5.91 Å². The highest BCUT2D eigenvalue weighted by molar-refractivity contribution is 5.79. The van der Waals surface area contributed by atoms with Crippen molar-refractivity contribution in [3.05, 3.63) is 71.3 Å². The minimum atomic E-state index is -0.397. The Morgan fingerprint density at radius 1 is 1.15 bits per heavy atom. The largest absolute Gasteiger partial charge is 0.396 e. The Balaban J connectivity index is 1.83. The quantitative estimate of drug-likeness (QED) is 0.817. The van der Waals surface area contributed by atoms with Crippen molar-refractivity contribution in [2.75, 3.05) is 13.2 Å². The van der Waals surface area contributed by atoms with Gasteiger partial charge in [-0.2, -0.15) is 0 Å². The lowest BCUT2D eigenvalue weighted by Crippen LogP contribution is -2.47. The molecule has 0 aromatic heterocycles. The van der Waals surface area contributed by atoms with Crippen molar-refractivity contribution in [3.8, 4) is 0 Å². The molecule has 0 spiro atoms.